The van der Waals surface area contributed by atoms with Crippen molar-refractivity contribution in [1.82, 2.24) is 0 Å². The van der Waals surface area contributed by atoms with Crippen molar-refractivity contribution in [1.29, 1.82) is 0 Å². The molecule has 0 aliphatic heterocycles. The summed E-state index contributed by atoms with van der Waals surface area (Å²) >= 11 is 0. The number of nitrogens with one attached hydrogen (secondary N) is 1. The van der Waals surface area contributed by atoms with Gasteiger partial charge in [0, 0.05) is 13.7 Å². The number of carboxylic acid groups (broad SMARTS) is 1. The lowest BCUT2D eigenvalue weighted by Gasteiger charge is -2.17. The summed E-state index contributed by atoms with van der Waals surface area (Å²) in [4.78, 5) is 10.9. The van der Waals surface area contributed by atoms with Crippen molar-refractivity contribution in [3.05, 3.63) is 29.1 Å². The van der Waals surface area contributed by atoms with E-state index in [0.29, 0.717) is 0 Å². The highest BCUT2D eigenvalue weighted by atomic mass is 19.2. The first kappa shape index (κ1) is 17.2. The van der Waals surface area contributed by atoms with Gasteiger partial charge in [-0.25, -0.2) is 26.7 Å². The molecule has 0 spiro atoms. The van der Waals surface area contributed by atoms with Crippen LogP contribution in [-0.2, 0) is 9.53 Å². The Labute approximate surface area is 116 Å². The largest absolute Gasteiger partial charge is 0.480 e. The molecule has 1 unspecified atom stereocenters. The van der Waals surface area contributed by atoms with Crippen LogP contribution in [0.5, 0.6) is 0 Å². The van der Waals surface area contributed by atoms with Gasteiger partial charge in [-0.05, 0) is 12.8 Å². The lowest BCUT2D eigenvalue weighted by molar-refractivity contribution is -0.138. The number of carbonyl (C=O) groups is 1. The highest BCUT2D eigenvalue weighted by Gasteiger charge is 2.28. The molecule has 1 atom stereocenters. The van der Waals surface area contributed by atoms with Crippen molar-refractivity contribution in [2.75, 3.05) is 19.0 Å². The van der Waals surface area contributed by atoms with E-state index < -0.39 is 46.8 Å². The molecule has 0 heterocycles. The SMILES string of the molecule is COCCCC(Nc1c(F)c(F)c(F)c(F)c1F)C(=O)O. The lowest BCUT2D eigenvalue weighted by Crippen LogP contribution is -2.31. The Morgan fingerprint density at radius 2 is 1.57 bits per heavy atom. The van der Waals surface area contributed by atoms with E-state index in [1.807, 2.05) is 5.32 Å². The van der Waals surface area contributed by atoms with Crippen molar-refractivity contribution >= 4 is 11.7 Å². The quantitative estimate of drug-likeness (QED) is 0.352. The summed E-state index contributed by atoms with van der Waals surface area (Å²) in [5.74, 6) is -12.3. The molecule has 1 aromatic carbocycles. The summed E-state index contributed by atoms with van der Waals surface area (Å²) in [6.07, 6.45) is 0.0958. The Morgan fingerprint density at radius 1 is 1.10 bits per heavy atom. The third kappa shape index (κ3) is 3.81. The molecule has 1 rings (SSSR count). The molecule has 2 N–H and O–H groups in total. The fourth-order valence-corrected chi connectivity index (χ4v) is 1.60. The standard InChI is InChI=1S/C12H12F5NO3/c1-21-4-2-3-5(12(19)20)18-11-9(16)7(14)6(13)8(15)10(11)17/h5,18H,2-4H2,1H3,(H,19,20). The van der Waals surface area contributed by atoms with Gasteiger partial charge < -0.3 is 15.2 Å². The Hall–Kier alpha value is -1.90. The van der Waals surface area contributed by atoms with Crippen LogP contribution in [0.1, 0.15) is 12.8 Å². The topological polar surface area (TPSA) is 58.6 Å². The monoisotopic (exact) mass is 313 g/mol. The van der Waals surface area contributed by atoms with E-state index in [2.05, 4.69) is 4.74 Å². The molecule has 9 heteroatoms. The van der Waals surface area contributed by atoms with E-state index >= 15 is 0 Å². The van der Waals surface area contributed by atoms with Crippen LogP contribution in [0.3, 0.4) is 0 Å². The second-order valence-electron chi connectivity index (χ2n) is 4.12. The predicted molar refractivity (Wildman–Crippen MR) is 62.4 cm³/mol. The molecule has 4 nitrogen and oxygen atoms in total. The van der Waals surface area contributed by atoms with Crippen LogP contribution in [0.2, 0.25) is 0 Å². The third-order valence-corrected chi connectivity index (χ3v) is 2.67. The van der Waals surface area contributed by atoms with E-state index in [1.54, 1.807) is 0 Å². The maximum atomic E-state index is 13.4. The van der Waals surface area contributed by atoms with Crippen molar-refractivity contribution in [3.8, 4) is 0 Å². The number of hydrogen-bond acceptors (Lipinski definition) is 3. The van der Waals surface area contributed by atoms with Gasteiger partial charge in [0.05, 0.1) is 0 Å². The summed E-state index contributed by atoms with van der Waals surface area (Å²) in [6.45, 7) is 0.183. The number of carboxylic acids is 1. The number of hydrogen-bond donors (Lipinski definition) is 2. The minimum Gasteiger partial charge on any atom is -0.480 e. The van der Waals surface area contributed by atoms with E-state index in [4.69, 9.17) is 5.11 Å². The van der Waals surface area contributed by atoms with Gasteiger partial charge in [-0.2, -0.15) is 0 Å². The van der Waals surface area contributed by atoms with Crippen LogP contribution in [0.4, 0.5) is 27.6 Å². The molecule has 1 aromatic rings. The molecule has 118 valence electrons. The molecular weight excluding hydrogens is 301 g/mol. The highest BCUT2D eigenvalue weighted by molar-refractivity contribution is 5.77. The van der Waals surface area contributed by atoms with E-state index in [9.17, 15) is 26.7 Å². The normalized spacial score (nSPS) is 12.3. The lowest BCUT2D eigenvalue weighted by atomic mass is 10.1. The smallest absolute Gasteiger partial charge is 0.326 e. The maximum Gasteiger partial charge on any atom is 0.326 e. The second-order valence-corrected chi connectivity index (χ2v) is 4.12. The number of methoxy groups -OCH3 is 1. The number of aliphatic carboxylic acids is 1. The van der Waals surface area contributed by atoms with Gasteiger partial charge >= 0.3 is 5.97 Å². The number of benzene rings is 1. The zero-order chi connectivity index (χ0) is 16.2. The zero-order valence-corrected chi connectivity index (χ0v) is 10.9. The molecule has 0 aromatic heterocycles. The fourth-order valence-electron chi connectivity index (χ4n) is 1.60. The minimum atomic E-state index is -2.30. The van der Waals surface area contributed by atoms with Crippen molar-refractivity contribution < 1.29 is 36.6 Å². The van der Waals surface area contributed by atoms with Crippen LogP contribution in [0.25, 0.3) is 0 Å². The second kappa shape index (κ2) is 7.21. The Kier molecular flexibility index (Phi) is 5.89. The highest BCUT2D eigenvalue weighted by Crippen LogP contribution is 2.28. The van der Waals surface area contributed by atoms with E-state index in [-0.39, 0.29) is 19.4 Å². The van der Waals surface area contributed by atoms with Gasteiger partial charge in [-0.15, -0.1) is 0 Å². The number of ether oxygens (including phenoxy) is 1. The van der Waals surface area contributed by atoms with Crippen LogP contribution in [-0.4, -0.2) is 30.8 Å². The van der Waals surface area contributed by atoms with Gasteiger partial charge in [0.2, 0.25) is 5.82 Å². The van der Waals surface area contributed by atoms with E-state index in [0.717, 1.165) is 0 Å². The molecule has 0 saturated carbocycles. The first-order valence-corrected chi connectivity index (χ1v) is 5.81. The van der Waals surface area contributed by atoms with Crippen LogP contribution in [0, 0.1) is 29.1 Å². The molecule has 0 bridgehead atoms. The van der Waals surface area contributed by atoms with Crippen molar-refractivity contribution in [3.63, 3.8) is 0 Å². The Bertz CT molecular complexity index is 509. The molecule has 21 heavy (non-hydrogen) atoms. The number of halogens is 5. The molecule has 0 amide bonds. The van der Waals surface area contributed by atoms with Gasteiger partial charge in [0.1, 0.15) is 11.7 Å². The van der Waals surface area contributed by atoms with Gasteiger partial charge in [0.15, 0.2) is 23.3 Å². The first-order valence-electron chi connectivity index (χ1n) is 5.81. The first-order chi connectivity index (χ1) is 9.81. The average molecular weight is 313 g/mol. The average Bonchev–Trinajstić information content (AvgIpc) is 2.45. The Balaban J connectivity index is 3.07. The summed E-state index contributed by atoms with van der Waals surface area (Å²) < 4.78 is 70.4. The van der Waals surface area contributed by atoms with Crippen LogP contribution >= 0.6 is 0 Å². The summed E-state index contributed by atoms with van der Waals surface area (Å²) in [6, 6.07) is -1.52. The maximum absolute atomic E-state index is 13.4. The third-order valence-electron chi connectivity index (χ3n) is 2.67. The molecule has 0 aliphatic rings. The molecule has 0 radical (unpaired) electrons. The summed E-state index contributed by atoms with van der Waals surface area (Å²) in [5, 5.41) is 10.7. The predicted octanol–water partition coefficient (Wildman–Crippen LogP) is 2.67. The van der Waals surface area contributed by atoms with Crippen LogP contribution in [0.15, 0.2) is 0 Å². The van der Waals surface area contributed by atoms with E-state index in [1.165, 1.54) is 7.11 Å². The molecule has 0 saturated heterocycles. The molecule has 0 aliphatic carbocycles. The van der Waals surface area contributed by atoms with Crippen molar-refractivity contribution in [2.24, 2.45) is 0 Å². The van der Waals surface area contributed by atoms with Gasteiger partial charge in [0.25, 0.3) is 0 Å². The molecule has 0 fully saturated rings. The number of rotatable bonds is 7. The van der Waals surface area contributed by atoms with Crippen LogP contribution < -0.4 is 5.32 Å². The fraction of sp³-hybridized carbons (Fsp3) is 0.417. The zero-order valence-electron chi connectivity index (χ0n) is 10.9. The van der Waals surface area contributed by atoms with Gasteiger partial charge in [-0.1, -0.05) is 0 Å². The Morgan fingerprint density at radius 3 is 2.00 bits per heavy atom. The van der Waals surface area contributed by atoms with Gasteiger partial charge in [-0.3, -0.25) is 0 Å². The number of anilines is 1. The molecular formula is C12H12F5NO3. The minimum absolute atomic E-state index is 0.122. The summed E-state index contributed by atoms with van der Waals surface area (Å²) in [7, 11) is 1.37. The van der Waals surface area contributed by atoms with Crippen molar-refractivity contribution in [2.45, 2.75) is 18.9 Å². The summed E-state index contributed by atoms with van der Waals surface area (Å²) in [5.41, 5.74) is -1.36.